The Morgan fingerprint density at radius 1 is 1.24 bits per heavy atom. The quantitative estimate of drug-likeness (QED) is 0.826. The van der Waals surface area contributed by atoms with Crippen LogP contribution in [0.2, 0.25) is 0 Å². The van der Waals surface area contributed by atoms with E-state index in [0.717, 1.165) is 23.8 Å². The SMILES string of the molecule is COc1cccc(CNS(=O)(=O)c2ccc(F)cc2N)c1. The van der Waals surface area contributed by atoms with Crippen molar-refractivity contribution in [3.05, 3.63) is 53.8 Å². The van der Waals surface area contributed by atoms with Crippen LogP contribution in [0.3, 0.4) is 0 Å². The van der Waals surface area contributed by atoms with Crippen LogP contribution in [0.25, 0.3) is 0 Å². The van der Waals surface area contributed by atoms with Gasteiger partial charge in [-0.25, -0.2) is 17.5 Å². The van der Waals surface area contributed by atoms with Gasteiger partial charge in [-0.15, -0.1) is 0 Å². The van der Waals surface area contributed by atoms with Crippen molar-refractivity contribution in [2.45, 2.75) is 11.4 Å². The molecule has 0 radical (unpaired) electrons. The van der Waals surface area contributed by atoms with Gasteiger partial charge in [0.2, 0.25) is 10.0 Å². The van der Waals surface area contributed by atoms with Gasteiger partial charge in [-0.1, -0.05) is 12.1 Å². The fourth-order valence-electron chi connectivity index (χ4n) is 1.80. The summed E-state index contributed by atoms with van der Waals surface area (Å²) < 4.78 is 44.7. The lowest BCUT2D eigenvalue weighted by Gasteiger charge is -2.10. The van der Waals surface area contributed by atoms with Gasteiger partial charge >= 0.3 is 0 Å². The van der Waals surface area contributed by atoms with Crippen LogP contribution in [0.1, 0.15) is 5.56 Å². The molecule has 2 aromatic rings. The predicted octanol–water partition coefficient (Wildman–Crippen LogP) is 1.90. The molecule has 0 aromatic heterocycles. The summed E-state index contributed by atoms with van der Waals surface area (Å²) in [5.74, 6) is 0.0484. The zero-order valence-electron chi connectivity index (χ0n) is 11.3. The van der Waals surface area contributed by atoms with Crippen LogP contribution in [0.5, 0.6) is 5.75 Å². The van der Waals surface area contributed by atoms with Crippen molar-refractivity contribution in [1.82, 2.24) is 4.72 Å². The largest absolute Gasteiger partial charge is 0.497 e. The molecule has 0 amide bonds. The van der Waals surface area contributed by atoms with Crippen LogP contribution >= 0.6 is 0 Å². The number of anilines is 1. The minimum Gasteiger partial charge on any atom is -0.497 e. The summed E-state index contributed by atoms with van der Waals surface area (Å²) in [4.78, 5) is -0.146. The number of rotatable bonds is 5. The molecule has 21 heavy (non-hydrogen) atoms. The normalized spacial score (nSPS) is 11.3. The summed E-state index contributed by atoms with van der Waals surface area (Å²) in [6, 6.07) is 10.2. The van der Waals surface area contributed by atoms with Gasteiger partial charge < -0.3 is 10.5 Å². The summed E-state index contributed by atoms with van der Waals surface area (Å²) in [5, 5.41) is 0. The third-order valence-electron chi connectivity index (χ3n) is 2.86. The number of sulfonamides is 1. The van der Waals surface area contributed by atoms with E-state index < -0.39 is 15.8 Å². The molecule has 0 saturated carbocycles. The molecular formula is C14H15FN2O3S. The van der Waals surface area contributed by atoms with Crippen LogP contribution in [-0.4, -0.2) is 15.5 Å². The van der Waals surface area contributed by atoms with Gasteiger partial charge in [0, 0.05) is 6.54 Å². The van der Waals surface area contributed by atoms with Crippen LogP contribution in [0.15, 0.2) is 47.4 Å². The number of hydrogen-bond donors (Lipinski definition) is 2. The third kappa shape index (κ3) is 3.71. The zero-order valence-corrected chi connectivity index (χ0v) is 12.2. The van der Waals surface area contributed by atoms with Gasteiger partial charge in [-0.05, 0) is 35.9 Å². The Balaban J connectivity index is 2.17. The van der Waals surface area contributed by atoms with E-state index in [2.05, 4.69) is 4.72 Å². The minimum absolute atomic E-state index is 0.0797. The van der Waals surface area contributed by atoms with Gasteiger partial charge in [-0.3, -0.25) is 0 Å². The first-order chi connectivity index (χ1) is 9.92. The monoisotopic (exact) mass is 310 g/mol. The van der Waals surface area contributed by atoms with E-state index in [4.69, 9.17) is 10.5 Å². The van der Waals surface area contributed by atoms with Gasteiger partial charge in [0.15, 0.2) is 0 Å². The topological polar surface area (TPSA) is 81.4 Å². The molecule has 0 atom stereocenters. The number of benzene rings is 2. The van der Waals surface area contributed by atoms with Gasteiger partial charge in [0.05, 0.1) is 12.8 Å². The van der Waals surface area contributed by atoms with Crippen LogP contribution < -0.4 is 15.2 Å². The second-order valence-corrected chi connectivity index (χ2v) is 6.09. The third-order valence-corrected chi connectivity index (χ3v) is 4.34. The number of hydrogen-bond acceptors (Lipinski definition) is 4. The predicted molar refractivity (Wildman–Crippen MR) is 77.8 cm³/mol. The molecule has 0 aliphatic carbocycles. The van der Waals surface area contributed by atoms with Crippen LogP contribution in [0, 0.1) is 5.82 Å². The van der Waals surface area contributed by atoms with Gasteiger partial charge in [0.25, 0.3) is 0 Å². The van der Waals surface area contributed by atoms with Crippen molar-refractivity contribution in [3.8, 4) is 5.75 Å². The Morgan fingerprint density at radius 2 is 2.00 bits per heavy atom. The average molecular weight is 310 g/mol. The Labute approximate surface area is 122 Å². The van der Waals surface area contributed by atoms with Crippen LogP contribution in [-0.2, 0) is 16.6 Å². The molecule has 3 N–H and O–H groups in total. The Hall–Kier alpha value is -2.12. The smallest absolute Gasteiger partial charge is 0.242 e. The van der Waals surface area contributed by atoms with Crippen molar-refractivity contribution in [2.24, 2.45) is 0 Å². The molecule has 112 valence electrons. The van der Waals surface area contributed by atoms with Crippen molar-refractivity contribution < 1.29 is 17.5 Å². The standard InChI is InChI=1S/C14H15FN2O3S/c1-20-12-4-2-3-10(7-12)9-17-21(18,19)14-6-5-11(15)8-13(14)16/h2-8,17H,9,16H2,1H3. The fourth-order valence-corrected chi connectivity index (χ4v) is 2.93. The molecule has 0 unspecified atom stereocenters. The maximum Gasteiger partial charge on any atom is 0.242 e. The number of halogens is 1. The summed E-state index contributed by atoms with van der Waals surface area (Å²) in [7, 11) is -2.28. The molecule has 0 spiro atoms. The van der Waals surface area contributed by atoms with Crippen LogP contribution in [0.4, 0.5) is 10.1 Å². The molecule has 0 heterocycles. The summed E-state index contributed by atoms with van der Waals surface area (Å²) >= 11 is 0. The molecule has 0 aliphatic heterocycles. The van der Waals surface area contributed by atoms with E-state index in [1.165, 1.54) is 7.11 Å². The van der Waals surface area contributed by atoms with E-state index in [1.54, 1.807) is 24.3 Å². The molecule has 5 nitrogen and oxygen atoms in total. The molecule has 2 rings (SSSR count). The number of nitrogens with one attached hydrogen (secondary N) is 1. The lowest BCUT2D eigenvalue weighted by Crippen LogP contribution is -2.24. The van der Waals surface area contributed by atoms with E-state index in [9.17, 15) is 12.8 Å². The first-order valence-electron chi connectivity index (χ1n) is 6.10. The Morgan fingerprint density at radius 3 is 2.67 bits per heavy atom. The highest BCUT2D eigenvalue weighted by Gasteiger charge is 2.17. The van der Waals surface area contributed by atoms with Crippen molar-refractivity contribution in [3.63, 3.8) is 0 Å². The summed E-state index contributed by atoms with van der Waals surface area (Å²) in [6.45, 7) is 0.0797. The second kappa shape index (κ2) is 6.11. The number of methoxy groups -OCH3 is 1. The van der Waals surface area contributed by atoms with Crippen molar-refractivity contribution >= 4 is 15.7 Å². The zero-order chi connectivity index (χ0) is 15.5. The molecule has 0 aliphatic rings. The van der Waals surface area contributed by atoms with E-state index >= 15 is 0 Å². The van der Waals surface area contributed by atoms with E-state index in [-0.39, 0.29) is 17.1 Å². The van der Waals surface area contributed by atoms with Crippen molar-refractivity contribution in [2.75, 3.05) is 12.8 Å². The molecule has 0 bridgehead atoms. The summed E-state index contributed by atoms with van der Waals surface area (Å²) in [5.41, 5.74) is 6.15. The fraction of sp³-hybridized carbons (Fsp3) is 0.143. The van der Waals surface area contributed by atoms with Crippen molar-refractivity contribution in [1.29, 1.82) is 0 Å². The lowest BCUT2D eigenvalue weighted by molar-refractivity contribution is 0.414. The highest BCUT2D eigenvalue weighted by molar-refractivity contribution is 7.89. The lowest BCUT2D eigenvalue weighted by atomic mass is 10.2. The molecular weight excluding hydrogens is 295 g/mol. The number of nitrogen functional groups attached to an aromatic ring is 1. The first kappa shape index (κ1) is 15.3. The first-order valence-corrected chi connectivity index (χ1v) is 7.58. The van der Waals surface area contributed by atoms with E-state index in [0.29, 0.717) is 5.75 Å². The Kier molecular flexibility index (Phi) is 4.44. The minimum atomic E-state index is -3.81. The molecule has 0 saturated heterocycles. The van der Waals surface area contributed by atoms with Gasteiger partial charge in [-0.2, -0.15) is 0 Å². The number of ether oxygens (including phenoxy) is 1. The summed E-state index contributed by atoms with van der Waals surface area (Å²) in [6.07, 6.45) is 0. The molecule has 2 aromatic carbocycles. The van der Waals surface area contributed by atoms with Gasteiger partial charge in [0.1, 0.15) is 16.5 Å². The second-order valence-electron chi connectivity index (χ2n) is 4.36. The highest BCUT2D eigenvalue weighted by Crippen LogP contribution is 2.19. The Bertz CT molecular complexity index is 748. The molecule has 0 fully saturated rings. The maximum atomic E-state index is 13.0. The average Bonchev–Trinajstić information content (AvgIpc) is 2.45. The van der Waals surface area contributed by atoms with E-state index in [1.807, 2.05) is 0 Å². The maximum absolute atomic E-state index is 13.0. The molecule has 7 heteroatoms. The number of nitrogens with two attached hydrogens (primary N) is 1. The highest BCUT2D eigenvalue weighted by atomic mass is 32.2.